The molecule has 0 spiro atoms. The fourth-order valence-electron chi connectivity index (χ4n) is 9.50. The molecule has 488 valence electrons. The van der Waals surface area contributed by atoms with Gasteiger partial charge in [-0.15, -0.1) is 0 Å². The normalized spacial score (nSPS) is 12.4. The van der Waals surface area contributed by atoms with E-state index in [1.807, 2.05) is 113 Å². The van der Waals surface area contributed by atoms with Crippen LogP contribution in [0.3, 0.4) is 0 Å². The summed E-state index contributed by atoms with van der Waals surface area (Å²) in [6.07, 6.45) is 3.34. The van der Waals surface area contributed by atoms with Gasteiger partial charge in [0.2, 0.25) is 11.5 Å². The Hall–Kier alpha value is -6.83. The number of carbonyl (C=O) groups is 2. The number of aliphatic hydroxyl groups excluding tert-OH is 2. The van der Waals surface area contributed by atoms with Crippen molar-refractivity contribution in [1.29, 1.82) is 0 Å². The summed E-state index contributed by atoms with van der Waals surface area (Å²) in [5.74, 6) is 3.43. The number of methoxy groups -OCH3 is 4. The van der Waals surface area contributed by atoms with Gasteiger partial charge in [-0.2, -0.15) is 8.42 Å². The zero-order valence-corrected chi connectivity index (χ0v) is 56.3. The summed E-state index contributed by atoms with van der Waals surface area (Å²) in [7, 11) is 2.68. The largest absolute Gasteiger partial charge is 0.493 e. The van der Waals surface area contributed by atoms with Gasteiger partial charge in [0.1, 0.15) is 41.1 Å². The molecular weight excluding hydrogens is 1150 g/mol. The van der Waals surface area contributed by atoms with E-state index in [0.717, 1.165) is 69.5 Å². The predicted octanol–water partition coefficient (Wildman–Crippen LogP) is 14.9. The molecule has 3 unspecified atom stereocenters. The van der Waals surface area contributed by atoms with E-state index in [4.69, 9.17) is 42.1 Å². The molecule has 0 aliphatic heterocycles. The number of amides is 1. The van der Waals surface area contributed by atoms with Crippen molar-refractivity contribution in [2.24, 2.45) is 0 Å². The van der Waals surface area contributed by atoms with Crippen LogP contribution in [-0.2, 0) is 78.3 Å². The monoisotopic (exact) mass is 1250 g/mol. The Balaban J connectivity index is 0.000000285. The second kappa shape index (κ2) is 37.4. The molecule has 0 radical (unpaired) electrons. The highest BCUT2D eigenvalue weighted by molar-refractivity contribution is 7.87. The first-order valence-electron chi connectivity index (χ1n) is 30.7. The summed E-state index contributed by atoms with van der Waals surface area (Å²) in [5, 5.41) is 22.2. The van der Waals surface area contributed by atoms with Crippen LogP contribution >= 0.6 is 0 Å². The molecule has 0 heterocycles. The van der Waals surface area contributed by atoms with E-state index >= 15 is 0 Å². The van der Waals surface area contributed by atoms with Crippen molar-refractivity contribution in [3.63, 3.8) is 0 Å². The lowest BCUT2D eigenvalue weighted by Crippen LogP contribution is -2.42. The lowest BCUT2D eigenvalue weighted by Gasteiger charge is -2.27. The van der Waals surface area contributed by atoms with Gasteiger partial charge < -0.3 is 57.6 Å². The molecule has 0 fully saturated rings. The highest BCUT2D eigenvalue weighted by Crippen LogP contribution is 2.34. The number of anilines is 1. The van der Waals surface area contributed by atoms with Gasteiger partial charge in [0.05, 0.1) is 58.4 Å². The van der Waals surface area contributed by atoms with Crippen molar-refractivity contribution in [1.82, 2.24) is 0 Å². The van der Waals surface area contributed by atoms with Crippen molar-refractivity contribution in [3.8, 4) is 28.7 Å². The number of rotatable bonds is 32. The molecule has 6 rings (SSSR count). The van der Waals surface area contributed by atoms with Crippen LogP contribution in [0.4, 0.5) is 5.69 Å². The summed E-state index contributed by atoms with van der Waals surface area (Å²) in [6, 6.07) is 34.4. The first kappa shape index (κ1) is 74.6. The lowest BCUT2D eigenvalue weighted by molar-refractivity contribution is -0.149. The smallest absolute Gasteiger partial charge is 0.355 e. The molecule has 17 heteroatoms. The summed E-state index contributed by atoms with van der Waals surface area (Å²) < 4.78 is 74.5. The number of ether oxygens (including phenoxy) is 8. The van der Waals surface area contributed by atoms with Crippen molar-refractivity contribution in [3.05, 3.63) is 176 Å². The fraction of sp³-hybridized carbons (Fsp3) is 0.472. The van der Waals surface area contributed by atoms with E-state index < -0.39 is 21.7 Å². The summed E-state index contributed by atoms with van der Waals surface area (Å²) >= 11 is 0. The Morgan fingerprint density at radius 1 is 0.517 bits per heavy atom. The zero-order chi connectivity index (χ0) is 65.8. The average molecular weight is 1250 g/mol. The Kier molecular flexibility index (Phi) is 31.3. The van der Waals surface area contributed by atoms with Crippen molar-refractivity contribution in [2.45, 2.75) is 178 Å². The standard InChI is InChI=1S/C25H34O5.C24H33NO4.C23H32O6S/c1-8-18(3)19-9-11-22(12-10-19)29-24(26)25(4,5)30-23-20(15-27-6)13-17(2)14-21(23)16-28-7;1-5-17(4)18-6-8-22(9-7-18)29-11-10-23(28)25-24-20(14-26)12-19(16(2)3)13-21(24)15-27;1-6-18(3)19-7-9-22(10-8-19)29-30(24,25)12-11-28-23-20(15-26-4)13-17(2)14-21(23)16-27-5/h9-14,18H,8,15-16H2,1-7H3;6-9,12-13,16-17,26-27H,5,10-11,14-15H2,1-4H3,(H,25,28);7-10,13-14,18H,6,11-12,15-16H2,1-5H3. The minimum Gasteiger partial charge on any atom is -0.493 e. The molecule has 0 aromatic heterocycles. The first-order chi connectivity index (χ1) is 42.4. The summed E-state index contributed by atoms with van der Waals surface area (Å²) in [4.78, 5) is 25.3. The quantitative estimate of drug-likeness (QED) is 0.0204. The number of benzene rings is 6. The van der Waals surface area contributed by atoms with Crippen LogP contribution in [0.15, 0.2) is 109 Å². The second-order valence-corrected chi connectivity index (χ2v) is 24.9. The van der Waals surface area contributed by atoms with E-state index in [2.05, 4.69) is 59.0 Å². The highest BCUT2D eigenvalue weighted by Gasteiger charge is 2.34. The maximum Gasteiger partial charge on any atom is 0.355 e. The van der Waals surface area contributed by atoms with E-state index in [-0.39, 0.29) is 50.4 Å². The molecule has 0 bridgehead atoms. The second-order valence-electron chi connectivity index (χ2n) is 23.2. The van der Waals surface area contributed by atoms with Crippen molar-refractivity contribution in [2.75, 3.05) is 52.7 Å². The number of aryl methyl sites for hydroxylation is 2. The Labute approximate surface area is 530 Å². The van der Waals surface area contributed by atoms with Crippen LogP contribution < -0.4 is 28.4 Å². The molecule has 3 N–H and O–H groups in total. The summed E-state index contributed by atoms with van der Waals surface area (Å²) in [5.41, 5.74) is 10.7. The van der Waals surface area contributed by atoms with Crippen LogP contribution in [-0.4, -0.2) is 83.5 Å². The molecule has 16 nitrogen and oxygen atoms in total. The predicted molar refractivity (Wildman–Crippen MR) is 352 cm³/mol. The van der Waals surface area contributed by atoms with E-state index in [1.54, 1.807) is 54.4 Å². The van der Waals surface area contributed by atoms with Crippen LogP contribution in [0, 0.1) is 13.8 Å². The van der Waals surface area contributed by atoms with Gasteiger partial charge >= 0.3 is 16.1 Å². The zero-order valence-electron chi connectivity index (χ0n) is 55.5. The van der Waals surface area contributed by atoms with Crippen LogP contribution in [0.1, 0.15) is 185 Å². The third-order valence-corrected chi connectivity index (χ3v) is 16.3. The maximum absolute atomic E-state index is 12.9. The van der Waals surface area contributed by atoms with E-state index in [9.17, 15) is 28.2 Å². The van der Waals surface area contributed by atoms with Gasteiger partial charge in [0, 0.05) is 61.8 Å². The first-order valence-corrected chi connectivity index (χ1v) is 32.2. The van der Waals surface area contributed by atoms with Crippen molar-refractivity contribution < 1.29 is 70.3 Å². The third kappa shape index (κ3) is 23.8. The van der Waals surface area contributed by atoms with Crippen molar-refractivity contribution >= 4 is 27.7 Å². The Morgan fingerprint density at radius 3 is 1.29 bits per heavy atom. The Morgan fingerprint density at radius 2 is 0.910 bits per heavy atom. The topological polar surface area (TPSA) is 204 Å². The van der Waals surface area contributed by atoms with E-state index in [0.29, 0.717) is 84.0 Å². The molecule has 0 saturated carbocycles. The summed E-state index contributed by atoms with van der Waals surface area (Å²) in [6.45, 7) is 25.7. The molecule has 0 saturated heterocycles. The molecule has 6 aromatic rings. The number of aliphatic hydroxyl groups is 2. The molecule has 1 amide bonds. The van der Waals surface area contributed by atoms with Gasteiger partial charge in [0.25, 0.3) is 0 Å². The molecular formula is C72H99NO15S. The number of hydrogen-bond acceptors (Lipinski definition) is 15. The van der Waals surface area contributed by atoms with Gasteiger partial charge in [-0.25, -0.2) is 4.79 Å². The third-order valence-electron chi connectivity index (χ3n) is 15.2. The maximum atomic E-state index is 12.9. The number of nitrogens with one attached hydrogen (secondary N) is 1. The molecule has 0 aliphatic carbocycles. The Bertz CT molecular complexity index is 3150. The van der Waals surface area contributed by atoms with E-state index in [1.165, 1.54) is 11.1 Å². The van der Waals surface area contributed by atoms with Crippen LogP contribution in [0.25, 0.3) is 0 Å². The number of esters is 1. The highest BCUT2D eigenvalue weighted by atomic mass is 32.2. The van der Waals surface area contributed by atoms with Crippen LogP contribution in [0.2, 0.25) is 0 Å². The lowest BCUT2D eigenvalue weighted by atomic mass is 9.96. The molecule has 6 aromatic carbocycles. The molecule has 3 atom stereocenters. The molecule has 0 aliphatic rings. The van der Waals surface area contributed by atoms with Gasteiger partial charge in [-0.3, -0.25) is 4.79 Å². The average Bonchev–Trinajstić information content (AvgIpc) is 3.37. The minimum atomic E-state index is -3.79. The number of hydrogen-bond donors (Lipinski definition) is 3. The SMILES string of the molecule is CCC(C)c1ccc(OC(=O)C(C)(C)Oc2c(COC)cc(C)cc2COC)cc1.CCC(C)c1ccc(OCCC(=O)Nc2c(CO)cc(C(C)C)cc2CO)cc1.CCC(C)c1ccc(OS(=O)(=O)CCOc2c(COC)cc(C)cc2COC)cc1. The number of carbonyl (C=O) groups excluding carboxylic acids is 2. The van der Waals surface area contributed by atoms with Gasteiger partial charge in [0.15, 0.2) is 0 Å². The fourth-order valence-corrected chi connectivity index (χ4v) is 10.3. The van der Waals surface area contributed by atoms with Gasteiger partial charge in [-0.05, 0) is 129 Å². The van der Waals surface area contributed by atoms with Gasteiger partial charge in [-0.1, -0.05) is 139 Å². The minimum absolute atomic E-state index is 0.0379. The molecule has 89 heavy (non-hydrogen) atoms. The van der Waals surface area contributed by atoms with Crippen LogP contribution in [0.5, 0.6) is 28.7 Å².